The zero-order valence-corrected chi connectivity index (χ0v) is 22.6. The Bertz CT molecular complexity index is 1160. The van der Waals surface area contributed by atoms with Crippen LogP contribution in [-0.2, 0) is 28.5 Å². The molecule has 1 aromatic heterocycles. The fourth-order valence-electron chi connectivity index (χ4n) is 4.58. The number of hydrogen-bond donors (Lipinski definition) is 2. The minimum Gasteiger partial charge on any atom is -0.453 e. The SMILES string of the molecule is CCc1nn(CC(OP(=O)(O)O)(C(C)(C)C)C(C)(C)C)c(CC)c1Oc1cc(C#N)cc(C#N)c1. The maximum Gasteiger partial charge on any atom is 0.470 e. The molecule has 10 heteroatoms. The summed E-state index contributed by atoms with van der Waals surface area (Å²) in [6, 6.07) is 8.67. The first kappa shape index (κ1) is 28.6. The van der Waals surface area contributed by atoms with E-state index in [2.05, 4.69) is 0 Å². The fourth-order valence-corrected chi connectivity index (χ4v) is 5.59. The highest BCUT2D eigenvalue weighted by atomic mass is 31.2. The summed E-state index contributed by atoms with van der Waals surface area (Å²) in [6.45, 7) is 15.3. The fraction of sp³-hybridized carbons (Fsp3) is 0.560. The Morgan fingerprint density at radius 2 is 1.49 bits per heavy atom. The standard InChI is InChI=1S/C25H35N4O5P/c1-9-20-22(33-19-12-17(14-26)11-18(13-19)15-27)21(10-2)29(28-20)16-25(23(3,4)5,24(6,7)8)34-35(30,31)32/h11-13H,9-10,16H2,1-8H3,(H2,30,31,32). The third-order valence-electron chi connectivity index (χ3n) is 6.20. The third kappa shape index (κ3) is 6.12. The summed E-state index contributed by atoms with van der Waals surface area (Å²) in [7, 11) is -4.86. The number of benzene rings is 1. The first-order valence-corrected chi connectivity index (χ1v) is 13.0. The van der Waals surface area contributed by atoms with Gasteiger partial charge in [0.1, 0.15) is 17.0 Å². The number of nitrogens with zero attached hydrogens (tertiary/aromatic N) is 4. The predicted molar refractivity (Wildman–Crippen MR) is 132 cm³/mol. The zero-order valence-electron chi connectivity index (χ0n) is 21.7. The van der Waals surface area contributed by atoms with Gasteiger partial charge in [0, 0.05) is 0 Å². The molecule has 1 heterocycles. The molecule has 0 bridgehead atoms. The first-order chi connectivity index (χ1) is 16.0. The van der Waals surface area contributed by atoms with Crippen molar-refractivity contribution in [2.24, 2.45) is 10.8 Å². The lowest BCUT2D eigenvalue weighted by Gasteiger charge is -2.52. The van der Waals surface area contributed by atoms with Crippen molar-refractivity contribution < 1.29 is 23.6 Å². The summed E-state index contributed by atoms with van der Waals surface area (Å²) in [6.07, 6.45) is 1.06. The molecule has 0 aliphatic carbocycles. The maximum atomic E-state index is 12.1. The number of phosphoric ester groups is 1. The molecule has 9 nitrogen and oxygen atoms in total. The number of aryl methyl sites for hydroxylation is 1. The summed E-state index contributed by atoms with van der Waals surface area (Å²) >= 11 is 0. The van der Waals surface area contributed by atoms with Crippen LogP contribution in [0.15, 0.2) is 18.2 Å². The minimum atomic E-state index is -4.86. The molecule has 2 N–H and O–H groups in total. The van der Waals surface area contributed by atoms with Crippen LogP contribution >= 0.6 is 7.82 Å². The van der Waals surface area contributed by atoms with Gasteiger partial charge < -0.3 is 14.5 Å². The Balaban J connectivity index is 2.71. The molecule has 2 rings (SSSR count). The van der Waals surface area contributed by atoms with Gasteiger partial charge in [-0.3, -0.25) is 9.21 Å². The molecule has 0 fully saturated rings. The monoisotopic (exact) mass is 502 g/mol. The molecular formula is C25H35N4O5P. The molecule has 2 aromatic rings. The Morgan fingerprint density at radius 1 is 0.971 bits per heavy atom. The van der Waals surface area contributed by atoms with Gasteiger partial charge in [-0.2, -0.15) is 15.6 Å². The summed E-state index contributed by atoms with van der Waals surface area (Å²) in [5, 5.41) is 23.4. The van der Waals surface area contributed by atoms with Gasteiger partial charge in [-0.15, -0.1) is 0 Å². The minimum absolute atomic E-state index is 0.0757. The molecule has 0 aliphatic heterocycles. The van der Waals surface area contributed by atoms with E-state index in [9.17, 15) is 24.9 Å². The topological polar surface area (TPSA) is 141 Å². The number of nitriles is 2. The van der Waals surface area contributed by atoms with Crippen LogP contribution in [0.25, 0.3) is 0 Å². The highest BCUT2D eigenvalue weighted by Crippen LogP contribution is 2.56. The number of hydrogen-bond acceptors (Lipinski definition) is 6. The zero-order chi connectivity index (χ0) is 26.8. The lowest BCUT2D eigenvalue weighted by molar-refractivity contribution is -0.140. The second-order valence-electron chi connectivity index (χ2n) is 10.6. The van der Waals surface area contributed by atoms with Gasteiger partial charge in [-0.25, -0.2) is 4.57 Å². The van der Waals surface area contributed by atoms with Gasteiger partial charge in [-0.1, -0.05) is 55.4 Å². The van der Waals surface area contributed by atoms with Gasteiger partial charge in [-0.05, 0) is 41.9 Å². The van der Waals surface area contributed by atoms with E-state index in [1.165, 1.54) is 6.07 Å². The van der Waals surface area contributed by atoms with Crippen LogP contribution in [0.4, 0.5) is 0 Å². The van der Waals surface area contributed by atoms with Crippen LogP contribution in [0, 0.1) is 33.5 Å². The van der Waals surface area contributed by atoms with E-state index in [0.717, 1.165) is 5.69 Å². The smallest absolute Gasteiger partial charge is 0.453 e. The summed E-state index contributed by atoms with van der Waals surface area (Å²) in [4.78, 5) is 19.7. The van der Waals surface area contributed by atoms with E-state index >= 15 is 0 Å². The molecule has 0 radical (unpaired) electrons. The first-order valence-electron chi connectivity index (χ1n) is 11.5. The van der Waals surface area contributed by atoms with Crippen molar-refractivity contribution in [1.29, 1.82) is 10.5 Å². The van der Waals surface area contributed by atoms with Gasteiger partial charge in [0.25, 0.3) is 0 Å². The second kappa shape index (κ2) is 10.1. The van der Waals surface area contributed by atoms with E-state index < -0.39 is 24.3 Å². The van der Waals surface area contributed by atoms with E-state index in [4.69, 9.17) is 14.4 Å². The summed E-state index contributed by atoms with van der Waals surface area (Å²) in [5.74, 6) is 0.843. The molecule has 190 valence electrons. The Hall–Kier alpha value is -2.68. The Labute approximate surface area is 207 Å². The van der Waals surface area contributed by atoms with E-state index in [1.807, 2.05) is 67.5 Å². The summed E-state index contributed by atoms with van der Waals surface area (Å²) in [5.41, 5.74) is -0.690. The lowest BCUT2D eigenvalue weighted by Crippen LogP contribution is -2.57. The Morgan fingerprint density at radius 3 is 1.86 bits per heavy atom. The maximum absolute atomic E-state index is 12.1. The van der Waals surface area contributed by atoms with Crippen LogP contribution < -0.4 is 4.74 Å². The molecule has 1 aromatic carbocycles. The number of aromatic nitrogens is 2. The normalized spacial score (nSPS) is 12.8. The van der Waals surface area contributed by atoms with Crippen molar-refractivity contribution in [1.82, 2.24) is 9.78 Å². The molecular weight excluding hydrogens is 467 g/mol. The highest BCUT2D eigenvalue weighted by Gasteiger charge is 2.56. The second-order valence-corrected chi connectivity index (χ2v) is 11.7. The van der Waals surface area contributed by atoms with Crippen molar-refractivity contribution in [3.63, 3.8) is 0 Å². The van der Waals surface area contributed by atoms with Gasteiger partial charge in [0.05, 0.1) is 35.5 Å². The third-order valence-corrected chi connectivity index (χ3v) is 6.75. The summed E-state index contributed by atoms with van der Waals surface area (Å²) < 4.78 is 25.7. The Kier molecular flexibility index (Phi) is 8.26. The van der Waals surface area contributed by atoms with Crippen molar-refractivity contribution in [2.75, 3.05) is 0 Å². The molecule has 0 spiro atoms. The molecule has 35 heavy (non-hydrogen) atoms. The van der Waals surface area contributed by atoms with Crippen LogP contribution in [0.2, 0.25) is 0 Å². The van der Waals surface area contributed by atoms with Crippen molar-refractivity contribution in [3.8, 4) is 23.6 Å². The lowest BCUT2D eigenvalue weighted by atomic mass is 9.62. The van der Waals surface area contributed by atoms with Crippen LogP contribution in [0.1, 0.15) is 77.9 Å². The molecule has 0 saturated heterocycles. The molecule has 0 amide bonds. The number of rotatable bonds is 8. The van der Waals surface area contributed by atoms with Crippen LogP contribution in [0.3, 0.4) is 0 Å². The van der Waals surface area contributed by atoms with E-state index in [0.29, 0.717) is 41.2 Å². The average Bonchev–Trinajstić information content (AvgIpc) is 3.06. The quantitative estimate of drug-likeness (QED) is 0.452. The van der Waals surface area contributed by atoms with Gasteiger partial charge in [0.15, 0.2) is 5.75 Å². The molecule has 0 aliphatic rings. The average molecular weight is 503 g/mol. The van der Waals surface area contributed by atoms with Crippen LogP contribution in [0.5, 0.6) is 11.5 Å². The van der Waals surface area contributed by atoms with Crippen molar-refractivity contribution in [3.05, 3.63) is 40.7 Å². The predicted octanol–water partition coefficient (Wildman–Crippen LogP) is 5.48. The number of ether oxygens (including phenoxy) is 1. The van der Waals surface area contributed by atoms with E-state index in [-0.39, 0.29) is 6.54 Å². The van der Waals surface area contributed by atoms with Crippen LogP contribution in [-0.4, -0.2) is 25.2 Å². The van der Waals surface area contributed by atoms with Gasteiger partial charge in [0.2, 0.25) is 0 Å². The van der Waals surface area contributed by atoms with Gasteiger partial charge >= 0.3 is 7.82 Å². The van der Waals surface area contributed by atoms with E-state index in [1.54, 1.807) is 16.8 Å². The molecule has 0 unspecified atom stereocenters. The largest absolute Gasteiger partial charge is 0.470 e. The van der Waals surface area contributed by atoms with Crippen molar-refractivity contribution in [2.45, 2.75) is 80.4 Å². The number of phosphoric acid groups is 1. The highest BCUT2D eigenvalue weighted by molar-refractivity contribution is 7.46. The molecule has 0 atom stereocenters. The molecule has 0 saturated carbocycles. The van der Waals surface area contributed by atoms with Crippen molar-refractivity contribution >= 4 is 7.82 Å².